The largest absolute Gasteiger partial charge is 0.484 e. The lowest BCUT2D eigenvalue weighted by molar-refractivity contribution is -0.0366. The Morgan fingerprint density at radius 3 is 2.68 bits per heavy atom. The summed E-state index contributed by atoms with van der Waals surface area (Å²) in [5.41, 5.74) is 8.66. The summed E-state index contributed by atoms with van der Waals surface area (Å²) >= 11 is 0. The van der Waals surface area contributed by atoms with Crippen molar-refractivity contribution < 1.29 is 9.47 Å². The van der Waals surface area contributed by atoms with Crippen molar-refractivity contribution >= 4 is 10.9 Å². The van der Waals surface area contributed by atoms with Crippen molar-refractivity contribution in [3.05, 3.63) is 60.3 Å². The molecule has 2 aromatic carbocycles. The molecule has 0 spiro atoms. The Morgan fingerprint density at radius 1 is 1.14 bits per heavy atom. The van der Waals surface area contributed by atoms with Crippen LogP contribution in [0.5, 0.6) is 5.75 Å². The minimum atomic E-state index is -0.199. The SMILES string of the molecule is CC(C)C(N)[C@H](Oc1ccc2c(cnn2C2CCCCO2)c1)c1ccccc1. The van der Waals surface area contributed by atoms with Crippen molar-refractivity contribution in [1.29, 1.82) is 0 Å². The number of ether oxygens (including phenoxy) is 2. The molecule has 0 amide bonds. The molecule has 28 heavy (non-hydrogen) atoms. The highest BCUT2D eigenvalue weighted by atomic mass is 16.5. The van der Waals surface area contributed by atoms with E-state index in [1.807, 2.05) is 41.2 Å². The van der Waals surface area contributed by atoms with Gasteiger partial charge in [0.2, 0.25) is 0 Å². The summed E-state index contributed by atoms with van der Waals surface area (Å²) in [6.45, 7) is 5.06. The Balaban J connectivity index is 1.60. The normalized spacial score (nSPS) is 19.6. The van der Waals surface area contributed by atoms with Gasteiger partial charge in [-0.05, 0) is 48.9 Å². The van der Waals surface area contributed by atoms with Gasteiger partial charge in [-0.2, -0.15) is 5.10 Å². The Hall–Kier alpha value is -2.37. The zero-order valence-electron chi connectivity index (χ0n) is 16.6. The average molecular weight is 380 g/mol. The highest BCUT2D eigenvalue weighted by Gasteiger charge is 2.25. The fourth-order valence-electron chi connectivity index (χ4n) is 3.76. The van der Waals surface area contributed by atoms with E-state index in [1.165, 1.54) is 6.42 Å². The fraction of sp³-hybridized carbons (Fsp3) is 0.435. The third-order valence-electron chi connectivity index (χ3n) is 5.51. The lowest BCUT2D eigenvalue weighted by Crippen LogP contribution is -2.36. The summed E-state index contributed by atoms with van der Waals surface area (Å²) in [5, 5.41) is 5.62. The maximum atomic E-state index is 6.50. The summed E-state index contributed by atoms with van der Waals surface area (Å²) in [6.07, 6.45) is 5.04. The van der Waals surface area contributed by atoms with Crippen LogP contribution in [0.2, 0.25) is 0 Å². The lowest BCUT2D eigenvalue weighted by Gasteiger charge is -2.28. The van der Waals surface area contributed by atoms with Gasteiger partial charge in [-0.15, -0.1) is 0 Å². The van der Waals surface area contributed by atoms with Crippen molar-refractivity contribution in [2.45, 2.75) is 51.5 Å². The molecule has 2 unspecified atom stereocenters. The molecule has 0 bridgehead atoms. The number of nitrogens with zero attached hydrogens (tertiary/aromatic N) is 2. The van der Waals surface area contributed by atoms with E-state index in [0.29, 0.717) is 5.92 Å². The molecule has 1 aromatic heterocycles. The quantitative estimate of drug-likeness (QED) is 0.666. The Labute approximate surface area is 166 Å². The van der Waals surface area contributed by atoms with E-state index in [1.54, 1.807) is 0 Å². The van der Waals surface area contributed by atoms with Crippen LogP contribution in [0, 0.1) is 5.92 Å². The first-order valence-electron chi connectivity index (χ1n) is 10.2. The lowest BCUT2D eigenvalue weighted by atomic mass is 9.94. The second-order valence-electron chi connectivity index (χ2n) is 7.90. The van der Waals surface area contributed by atoms with Crippen molar-refractivity contribution in [3.8, 4) is 5.75 Å². The van der Waals surface area contributed by atoms with Gasteiger partial charge in [0.15, 0.2) is 6.23 Å². The van der Waals surface area contributed by atoms with Crippen LogP contribution in [-0.4, -0.2) is 22.4 Å². The van der Waals surface area contributed by atoms with Crippen LogP contribution in [0.25, 0.3) is 10.9 Å². The summed E-state index contributed by atoms with van der Waals surface area (Å²) in [6, 6.07) is 16.2. The van der Waals surface area contributed by atoms with E-state index in [4.69, 9.17) is 15.2 Å². The molecule has 1 fully saturated rings. The first-order valence-corrected chi connectivity index (χ1v) is 10.2. The van der Waals surface area contributed by atoms with E-state index in [2.05, 4.69) is 37.1 Å². The predicted octanol–water partition coefficient (Wildman–Crippen LogP) is 4.84. The van der Waals surface area contributed by atoms with E-state index < -0.39 is 0 Å². The Kier molecular flexibility index (Phi) is 5.64. The maximum absolute atomic E-state index is 6.50. The number of hydrogen-bond acceptors (Lipinski definition) is 4. The average Bonchev–Trinajstić information content (AvgIpc) is 3.16. The molecular formula is C23H29N3O2. The van der Waals surface area contributed by atoms with Crippen LogP contribution in [0.4, 0.5) is 0 Å². The number of fused-ring (bicyclic) bond motifs is 1. The predicted molar refractivity (Wildman–Crippen MR) is 111 cm³/mol. The van der Waals surface area contributed by atoms with E-state index >= 15 is 0 Å². The number of aromatic nitrogens is 2. The van der Waals surface area contributed by atoms with Crippen molar-refractivity contribution in [2.24, 2.45) is 11.7 Å². The molecule has 1 aliphatic rings. The molecule has 0 saturated carbocycles. The number of nitrogens with two attached hydrogens (primary N) is 1. The van der Waals surface area contributed by atoms with Gasteiger partial charge in [0, 0.05) is 18.0 Å². The number of hydrogen-bond donors (Lipinski definition) is 1. The molecule has 1 aliphatic heterocycles. The van der Waals surface area contributed by atoms with Gasteiger partial charge < -0.3 is 15.2 Å². The van der Waals surface area contributed by atoms with Crippen molar-refractivity contribution in [3.63, 3.8) is 0 Å². The maximum Gasteiger partial charge on any atom is 0.150 e. The molecule has 2 N–H and O–H groups in total. The number of benzene rings is 2. The topological polar surface area (TPSA) is 62.3 Å². The molecule has 0 aliphatic carbocycles. The van der Waals surface area contributed by atoms with Crippen LogP contribution in [0.1, 0.15) is 51.0 Å². The van der Waals surface area contributed by atoms with Crippen LogP contribution >= 0.6 is 0 Å². The highest BCUT2D eigenvalue weighted by molar-refractivity contribution is 5.80. The standard InChI is InChI=1S/C23H29N3O2/c1-16(2)22(24)23(17-8-4-3-5-9-17)28-19-11-12-20-18(14-19)15-25-26(20)21-10-6-7-13-27-21/h3-5,8-9,11-12,14-16,21-23H,6-7,10,13,24H2,1-2H3/t21?,22?,23-/m1/s1. The summed E-state index contributed by atoms with van der Waals surface area (Å²) in [4.78, 5) is 0. The fourth-order valence-corrected chi connectivity index (χ4v) is 3.76. The molecule has 148 valence electrons. The second-order valence-corrected chi connectivity index (χ2v) is 7.90. The second kappa shape index (κ2) is 8.33. The van der Waals surface area contributed by atoms with Gasteiger partial charge in [-0.1, -0.05) is 44.2 Å². The Morgan fingerprint density at radius 2 is 1.96 bits per heavy atom. The molecule has 5 heteroatoms. The first-order chi connectivity index (χ1) is 13.6. The third-order valence-corrected chi connectivity index (χ3v) is 5.51. The smallest absolute Gasteiger partial charge is 0.150 e. The Bertz CT molecular complexity index is 901. The zero-order valence-corrected chi connectivity index (χ0v) is 16.6. The summed E-state index contributed by atoms with van der Waals surface area (Å²) in [7, 11) is 0. The third kappa shape index (κ3) is 3.91. The van der Waals surface area contributed by atoms with E-state index in [-0.39, 0.29) is 18.4 Å². The summed E-state index contributed by atoms with van der Waals surface area (Å²) < 4.78 is 14.3. The van der Waals surface area contributed by atoms with Crippen LogP contribution < -0.4 is 10.5 Å². The minimum Gasteiger partial charge on any atom is -0.484 e. The highest BCUT2D eigenvalue weighted by Crippen LogP contribution is 2.31. The molecule has 1 saturated heterocycles. The zero-order chi connectivity index (χ0) is 19.5. The molecule has 3 atom stereocenters. The minimum absolute atomic E-state index is 0.0319. The van der Waals surface area contributed by atoms with Crippen LogP contribution in [0.15, 0.2) is 54.7 Å². The molecule has 4 rings (SSSR count). The number of rotatable bonds is 6. The van der Waals surface area contributed by atoms with Crippen molar-refractivity contribution in [1.82, 2.24) is 9.78 Å². The molecule has 0 radical (unpaired) electrons. The van der Waals surface area contributed by atoms with Gasteiger partial charge >= 0.3 is 0 Å². The first kappa shape index (κ1) is 19.0. The van der Waals surface area contributed by atoms with E-state index in [9.17, 15) is 0 Å². The van der Waals surface area contributed by atoms with Crippen LogP contribution in [-0.2, 0) is 4.74 Å². The molecule has 5 nitrogen and oxygen atoms in total. The van der Waals surface area contributed by atoms with Gasteiger partial charge in [0.05, 0.1) is 11.7 Å². The van der Waals surface area contributed by atoms with Gasteiger partial charge in [-0.25, -0.2) is 4.68 Å². The van der Waals surface area contributed by atoms with Gasteiger partial charge in [-0.3, -0.25) is 0 Å². The van der Waals surface area contributed by atoms with Gasteiger partial charge in [0.1, 0.15) is 11.9 Å². The monoisotopic (exact) mass is 379 g/mol. The van der Waals surface area contributed by atoms with Crippen molar-refractivity contribution in [2.75, 3.05) is 6.61 Å². The molecule has 3 aromatic rings. The summed E-state index contributed by atoms with van der Waals surface area (Å²) in [5.74, 6) is 1.11. The van der Waals surface area contributed by atoms with Gasteiger partial charge in [0.25, 0.3) is 0 Å². The molecular weight excluding hydrogens is 350 g/mol. The molecule has 2 heterocycles. The van der Waals surface area contributed by atoms with Crippen LogP contribution in [0.3, 0.4) is 0 Å². The van der Waals surface area contributed by atoms with E-state index in [0.717, 1.165) is 41.7 Å².